The number of hydrogen-bond acceptors (Lipinski definition) is 1. The fraction of sp³-hybridized carbons (Fsp3) is 0.125. The molecule has 0 bridgehead atoms. The number of benzene rings is 2. The number of aryl methyl sites for hydroxylation is 1. The summed E-state index contributed by atoms with van der Waals surface area (Å²) in [6, 6.07) is 16.6. The molecular formula is C16H16N2. The van der Waals surface area contributed by atoms with Crippen molar-refractivity contribution in [3.63, 3.8) is 0 Å². The van der Waals surface area contributed by atoms with Crippen molar-refractivity contribution in [2.45, 2.75) is 13.5 Å². The highest BCUT2D eigenvalue weighted by Crippen LogP contribution is 2.20. The topological polar surface area (TPSA) is 30.9 Å². The zero-order valence-electron chi connectivity index (χ0n) is 10.4. The number of fused-ring (bicyclic) bond motifs is 1. The summed E-state index contributed by atoms with van der Waals surface area (Å²) in [4.78, 5) is 0. The van der Waals surface area contributed by atoms with Gasteiger partial charge in [-0.1, -0.05) is 24.3 Å². The summed E-state index contributed by atoms with van der Waals surface area (Å²) in [5, 5.41) is 1.32. The Labute approximate surface area is 107 Å². The molecule has 18 heavy (non-hydrogen) atoms. The van der Waals surface area contributed by atoms with Crippen LogP contribution >= 0.6 is 0 Å². The molecule has 0 saturated carbocycles. The van der Waals surface area contributed by atoms with Gasteiger partial charge in [-0.05, 0) is 42.3 Å². The first kappa shape index (κ1) is 10.9. The van der Waals surface area contributed by atoms with Crippen molar-refractivity contribution in [1.29, 1.82) is 0 Å². The number of anilines is 1. The van der Waals surface area contributed by atoms with Gasteiger partial charge in [-0.15, -0.1) is 0 Å². The van der Waals surface area contributed by atoms with Crippen molar-refractivity contribution >= 4 is 16.6 Å². The first-order valence-electron chi connectivity index (χ1n) is 6.13. The Morgan fingerprint density at radius 1 is 1.06 bits per heavy atom. The van der Waals surface area contributed by atoms with Crippen molar-refractivity contribution in [1.82, 2.24) is 4.57 Å². The lowest BCUT2D eigenvalue weighted by molar-refractivity contribution is 0.837. The first-order valence-corrected chi connectivity index (χ1v) is 6.13. The SMILES string of the molecule is Cc1cccc2c1ccn2Cc1cccc(N)c1. The van der Waals surface area contributed by atoms with Crippen LogP contribution in [0, 0.1) is 6.92 Å². The molecule has 2 N–H and O–H groups in total. The summed E-state index contributed by atoms with van der Waals surface area (Å²) in [7, 11) is 0. The second kappa shape index (κ2) is 4.22. The summed E-state index contributed by atoms with van der Waals surface area (Å²) < 4.78 is 2.26. The minimum Gasteiger partial charge on any atom is -0.399 e. The Morgan fingerprint density at radius 3 is 2.72 bits per heavy atom. The van der Waals surface area contributed by atoms with E-state index in [2.05, 4.69) is 48.0 Å². The molecule has 0 saturated heterocycles. The summed E-state index contributed by atoms with van der Waals surface area (Å²) in [5.41, 5.74) is 10.5. The van der Waals surface area contributed by atoms with Crippen molar-refractivity contribution < 1.29 is 0 Å². The molecule has 0 aliphatic heterocycles. The molecule has 90 valence electrons. The lowest BCUT2D eigenvalue weighted by Crippen LogP contribution is -1.98. The lowest BCUT2D eigenvalue weighted by atomic mass is 10.1. The monoisotopic (exact) mass is 236 g/mol. The summed E-state index contributed by atoms with van der Waals surface area (Å²) >= 11 is 0. The van der Waals surface area contributed by atoms with E-state index in [1.807, 2.05) is 18.2 Å². The van der Waals surface area contributed by atoms with Gasteiger partial charge in [-0.3, -0.25) is 0 Å². The first-order chi connectivity index (χ1) is 8.74. The normalized spacial score (nSPS) is 10.9. The van der Waals surface area contributed by atoms with E-state index >= 15 is 0 Å². The van der Waals surface area contributed by atoms with Crippen LogP contribution in [0.1, 0.15) is 11.1 Å². The third-order valence-corrected chi connectivity index (χ3v) is 3.34. The second-order valence-electron chi connectivity index (χ2n) is 4.70. The van der Waals surface area contributed by atoms with Crippen molar-refractivity contribution in [3.8, 4) is 0 Å². The van der Waals surface area contributed by atoms with Crippen LogP contribution in [-0.2, 0) is 6.54 Å². The fourth-order valence-electron chi connectivity index (χ4n) is 2.40. The minimum absolute atomic E-state index is 0.820. The molecule has 0 spiro atoms. The molecule has 2 heteroatoms. The van der Waals surface area contributed by atoms with E-state index in [0.29, 0.717) is 0 Å². The van der Waals surface area contributed by atoms with Gasteiger partial charge in [0, 0.05) is 29.3 Å². The third-order valence-electron chi connectivity index (χ3n) is 3.34. The number of nitrogen functional groups attached to an aromatic ring is 1. The van der Waals surface area contributed by atoms with Crippen LogP contribution in [-0.4, -0.2) is 4.57 Å². The summed E-state index contributed by atoms with van der Waals surface area (Å²) in [6.07, 6.45) is 2.14. The van der Waals surface area contributed by atoms with Gasteiger partial charge >= 0.3 is 0 Å². The van der Waals surface area contributed by atoms with E-state index in [1.54, 1.807) is 0 Å². The van der Waals surface area contributed by atoms with E-state index in [0.717, 1.165) is 12.2 Å². The molecule has 0 amide bonds. The van der Waals surface area contributed by atoms with Crippen molar-refractivity contribution in [3.05, 3.63) is 65.9 Å². The van der Waals surface area contributed by atoms with Crippen LogP contribution in [0.4, 0.5) is 5.69 Å². The van der Waals surface area contributed by atoms with Crippen LogP contribution < -0.4 is 5.73 Å². The number of hydrogen-bond donors (Lipinski definition) is 1. The molecule has 1 aromatic heterocycles. The largest absolute Gasteiger partial charge is 0.399 e. The molecule has 0 radical (unpaired) electrons. The molecule has 3 aromatic rings. The molecule has 0 atom stereocenters. The van der Waals surface area contributed by atoms with Crippen molar-refractivity contribution in [2.75, 3.05) is 5.73 Å². The average molecular weight is 236 g/mol. The maximum absolute atomic E-state index is 5.82. The second-order valence-corrected chi connectivity index (χ2v) is 4.70. The smallest absolute Gasteiger partial charge is 0.0486 e. The Hall–Kier alpha value is -2.22. The number of aromatic nitrogens is 1. The Balaban J connectivity index is 2.03. The van der Waals surface area contributed by atoms with Crippen LogP contribution in [0.3, 0.4) is 0 Å². The lowest BCUT2D eigenvalue weighted by Gasteiger charge is -2.07. The molecule has 2 aromatic carbocycles. The summed E-state index contributed by atoms with van der Waals surface area (Å²) in [5.74, 6) is 0. The molecule has 1 heterocycles. The van der Waals surface area contributed by atoms with Crippen LogP contribution in [0.25, 0.3) is 10.9 Å². The van der Waals surface area contributed by atoms with E-state index in [9.17, 15) is 0 Å². The van der Waals surface area contributed by atoms with E-state index < -0.39 is 0 Å². The average Bonchev–Trinajstić information content (AvgIpc) is 2.74. The van der Waals surface area contributed by atoms with Gasteiger partial charge in [0.1, 0.15) is 0 Å². The van der Waals surface area contributed by atoms with Gasteiger partial charge in [-0.25, -0.2) is 0 Å². The molecule has 0 fully saturated rings. The van der Waals surface area contributed by atoms with E-state index in [-0.39, 0.29) is 0 Å². The number of rotatable bonds is 2. The highest BCUT2D eigenvalue weighted by Gasteiger charge is 2.03. The third kappa shape index (κ3) is 1.86. The molecule has 0 aliphatic rings. The quantitative estimate of drug-likeness (QED) is 0.677. The van der Waals surface area contributed by atoms with Gasteiger partial charge in [0.25, 0.3) is 0 Å². The minimum atomic E-state index is 0.820. The Bertz CT molecular complexity index is 695. The number of nitrogens with zero attached hydrogens (tertiary/aromatic N) is 1. The predicted octanol–water partition coefficient (Wildman–Crippen LogP) is 3.58. The van der Waals surface area contributed by atoms with Gasteiger partial charge in [-0.2, -0.15) is 0 Å². The molecule has 0 unspecified atom stereocenters. The zero-order valence-corrected chi connectivity index (χ0v) is 10.4. The standard InChI is InChI=1S/C16H16N2/c1-12-4-2-7-16-15(12)8-9-18(16)11-13-5-3-6-14(17)10-13/h2-10H,11,17H2,1H3. The number of nitrogens with two attached hydrogens (primary N) is 1. The molecule has 0 aliphatic carbocycles. The highest BCUT2D eigenvalue weighted by molar-refractivity contribution is 5.83. The van der Waals surface area contributed by atoms with Gasteiger partial charge in [0.15, 0.2) is 0 Å². The molecular weight excluding hydrogens is 220 g/mol. The highest BCUT2D eigenvalue weighted by atomic mass is 14.9. The van der Waals surface area contributed by atoms with Crippen molar-refractivity contribution in [2.24, 2.45) is 0 Å². The zero-order chi connectivity index (χ0) is 12.5. The van der Waals surface area contributed by atoms with E-state index in [1.165, 1.54) is 22.0 Å². The predicted molar refractivity (Wildman–Crippen MR) is 76.6 cm³/mol. The summed E-state index contributed by atoms with van der Waals surface area (Å²) in [6.45, 7) is 3.01. The van der Waals surface area contributed by atoms with E-state index in [4.69, 9.17) is 5.73 Å². The maximum atomic E-state index is 5.82. The van der Waals surface area contributed by atoms with Gasteiger partial charge < -0.3 is 10.3 Å². The van der Waals surface area contributed by atoms with Crippen LogP contribution in [0.5, 0.6) is 0 Å². The van der Waals surface area contributed by atoms with Crippen LogP contribution in [0.2, 0.25) is 0 Å². The van der Waals surface area contributed by atoms with Gasteiger partial charge in [0.05, 0.1) is 0 Å². The molecule has 3 rings (SSSR count). The fourth-order valence-corrected chi connectivity index (χ4v) is 2.40. The Morgan fingerprint density at radius 2 is 1.89 bits per heavy atom. The molecule has 2 nitrogen and oxygen atoms in total. The maximum Gasteiger partial charge on any atom is 0.0486 e. The Kier molecular flexibility index (Phi) is 2.56. The van der Waals surface area contributed by atoms with Gasteiger partial charge in [0.2, 0.25) is 0 Å². The van der Waals surface area contributed by atoms with Crippen LogP contribution in [0.15, 0.2) is 54.7 Å².